The normalized spacial score (nSPS) is 12.5. The molecule has 0 radical (unpaired) electrons. The van der Waals surface area contributed by atoms with E-state index < -0.39 is 0 Å². The first kappa shape index (κ1) is 12.5. The molecule has 1 rings (SSSR count). The first-order chi connectivity index (χ1) is 7.22. The van der Waals surface area contributed by atoms with E-state index in [9.17, 15) is 4.39 Å². The van der Waals surface area contributed by atoms with Crippen LogP contribution in [0, 0.1) is 11.7 Å². The summed E-state index contributed by atoms with van der Waals surface area (Å²) in [5.41, 5.74) is 0. The van der Waals surface area contributed by atoms with Crippen molar-refractivity contribution in [1.29, 1.82) is 0 Å². The first-order valence-electron chi connectivity index (χ1n) is 5.16. The van der Waals surface area contributed by atoms with Crippen LogP contribution in [0.3, 0.4) is 0 Å². The summed E-state index contributed by atoms with van der Waals surface area (Å²) in [4.78, 5) is 0. The SMILES string of the molecule is CC(CCBr)CCOc1ccc(F)cc1. The lowest BCUT2D eigenvalue weighted by Crippen LogP contribution is -2.04. The summed E-state index contributed by atoms with van der Waals surface area (Å²) >= 11 is 3.41. The Kier molecular flexibility index (Phi) is 5.69. The number of alkyl halides is 1. The molecule has 84 valence electrons. The topological polar surface area (TPSA) is 9.23 Å². The average molecular weight is 275 g/mol. The van der Waals surface area contributed by atoms with Gasteiger partial charge in [0.15, 0.2) is 0 Å². The fraction of sp³-hybridized carbons (Fsp3) is 0.500. The lowest BCUT2D eigenvalue weighted by atomic mass is 10.1. The molecule has 0 aliphatic heterocycles. The lowest BCUT2D eigenvalue weighted by molar-refractivity contribution is 0.282. The zero-order valence-corrected chi connectivity index (χ0v) is 10.5. The first-order valence-corrected chi connectivity index (χ1v) is 6.29. The third kappa shape index (κ3) is 5.17. The third-order valence-electron chi connectivity index (χ3n) is 2.29. The van der Waals surface area contributed by atoms with E-state index in [1.54, 1.807) is 12.1 Å². The highest BCUT2D eigenvalue weighted by atomic mass is 79.9. The molecule has 1 unspecified atom stereocenters. The highest BCUT2D eigenvalue weighted by Gasteiger charge is 2.01. The number of ether oxygens (including phenoxy) is 1. The van der Waals surface area contributed by atoms with Crippen LogP contribution >= 0.6 is 15.9 Å². The van der Waals surface area contributed by atoms with Gasteiger partial charge in [-0.2, -0.15) is 0 Å². The van der Waals surface area contributed by atoms with Gasteiger partial charge in [-0.25, -0.2) is 4.39 Å². The molecular formula is C12H16BrFO. The monoisotopic (exact) mass is 274 g/mol. The Morgan fingerprint density at radius 1 is 1.27 bits per heavy atom. The smallest absolute Gasteiger partial charge is 0.123 e. The zero-order valence-electron chi connectivity index (χ0n) is 8.88. The van der Waals surface area contributed by atoms with E-state index in [0.717, 1.165) is 23.9 Å². The van der Waals surface area contributed by atoms with E-state index in [4.69, 9.17) is 4.74 Å². The third-order valence-corrected chi connectivity index (χ3v) is 2.75. The Morgan fingerprint density at radius 3 is 2.53 bits per heavy atom. The van der Waals surface area contributed by atoms with E-state index in [0.29, 0.717) is 12.5 Å². The molecule has 0 saturated heterocycles. The molecule has 0 spiro atoms. The maximum absolute atomic E-state index is 12.6. The standard InChI is InChI=1S/C12H16BrFO/c1-10(6-8-13)7-9-15-12-4-2-11(14)3-5-12/h2-5,10H,6-9H2,1H3. The van der Waals surface area contributed by atoms with Crippen molar-refractivity contribution in [3.8, 4) is 5.75 Å². The maximum atomic E-state index is 12.6. The number of hydrogen-bond acceptors (Lipinski definition) is 1. The quantitative estimate of drug-likeness (QED) is 0.712. The van der Waals surface area contributed by atoms with Crippen LogP contribution in [0.5, 0.6) is 5.75 Å². The second-order valence-corrected chi connectivity index (χ2v) is 4.47. The van der Waals surface area contributed by atoms with E-state index in [2.05, 4.69) is 22.9 Å². The predicted molar refractivity (Wildman–Crippen MR) is 64.1 cm³/mol. The van der Waals surface area contributed by atoms with E-state index in [1.807, 2.05) is 0 Å². The van der Waals surface area contributed by atoms with Gasteiger partial charge in [-0.15, -0.1) is 0 Å². The molecule has 0 heterocycles. The van der Waals surface area contributed by atoms with Gasteiger partial charge < -0.3 is 4.74 Å². The number of rotatable bonds is 6. The molecule has 1 aromatic carbocycles. The fourth-order valence-corrected chi connectivity index (χ4v) is 2.02. The van der Waals surface area contributed by atoms with Crippen molar-refractivity contribution in [2.75, 3.05) is 11.9 Å². The Morgan fingerprint density at radius 2 is 1.93 bits per heavy atom. The van der Waals surface area contributed by atoms with Crippen LogP contribution in [0.1, 0.15) is 19.8 Å². The molecule has 15 heavy (non-hydrogen) atoms. The molecule has 0 N–H and O–H groups in total. The van der Waals surface area contributed by atoms with Crippen molar-refractivity contribution in [2.24, 2.45) is 5.92 Å². The van der Waals surface area contributed by atoms with Crippen molar-refractivity contribution in [3.63, 3.8) is 0 Å². The summed E-state index contributed by atoms with van der Waals surface area (Å²) in [5.74, 6) is 1.17. The van der Waals surface area contributed by atoms with Gasteiger partial charge in [0.1, 0.15) is 11.6 Å². The Hall–Kier alpha value is -0.570. The van der Waals surface area contributed by atoms with Crippen molar-refractivity contribution in [1.82, 2.24) is 0 Å². The maximum Gasteiger partial charge on any atom is 0.123 e. The second kappa shape index (κ2) is 6.83. The van der Waals surface area contributed by atoms with E-state index in [-0.39, 0.29) is 5.82 Å². The lowest BCUT2D eigenvalue weighted by Gasteiger charge is -2.10. The Labute approximate surface area is 98.8 Å². The van der Waals surface area contributed by atoms with Gasteiger partial charge in [0.2, 0.25) is 0 Å². The summed E-state index contributed by atoms with van der Waals surface area (Å²) in [6.45, 7) is 2.90. The number of hydrogen-bond donors (Lipinski definition) is 0. The average Bonchev–Trinajstić information content (AvgIpc) is 2.21. The van der Waals surface area contributed by atoms with Crippen molar-refractivity contribution in [3.05, 3.63) is 30.1 Å². The number of benzene rings is 1. The molecule has 0 aromatic heterocycles. The molecule has 0 amide bonds. The van der Waals surface area contributed by atoms with Crippen LogP contribution < -0.4 is 4.74 Å². The summed E-state index contributed by atoms with van der Waals surface area (Å²) < 4.78 is 18.1. The van der Waals surface area contributed by atoms with Crippen LogP contribution in [0.4, 0.5) is 4.39 Å². The molecule has 3 heteroatoms. The van der Waals surface area contributed by atoms with Gasteiger partial charge in [-0.3, -0.25) is 0 Å². The number of halogens is 2. The van der Waals surface area contributed by atoms with Crippen LogP contribution in [0.25, 0.3) is 0 Å². The Balaban J connectivity index is 2.22. The fourth-order valence-electron chi connectivity index (χ4n) is 1.24. The van der Waals surface area contributed by atoms with E-state index >= 15 is 0 Å². The van der Waals surface area contributed by atoms with Gasteiger partial charge in [0.05, 0.1) is 6.61 Å². The highest BCUT2D eigenvalue weighted by molar-refractivity contribution is 9.09. The molecule has 1 aromatic rings. The van der Waals surface area contributed by atoms with Crippen LogP contribution in [0.2, 0.25) is 0 Å². The summed E-state index contributed by atoms with van der Waals surface area (Å²) in [7, 11) is 0. The molecule has 0 aliphatic carbocycles. The van der Waals surface area contributed by atoms with Crippen molar-refractivity contribution >= 4 is 15.9 Å². The van der Waals surface area contributed by atoms with Gasteiger partial charge >= 0.3 is 0 Å². The van der Waals surface area contributed by atoms with E-state index in [1.165, 1.54) is 12.1 Å². The molecular weight excluding hydrogens is 259 g/mol. The van der Waals surface area contributed by atoms with Crippen LogP contribution in [-0.2, 0) is 0 Å². The molecule has 0 aliphatic rings. The predicted octanol–water partition coefficient (Wildman–Crippen LogP) is 4.02. The van der Waals surface area contributed by atoms with Crippen LogP contribution in [-0.4, -0.2) is 11.9 Å². The summed E-state index contributed by atoms with van der Waals surface area (Å²) in [5, 5.41) is 1.03. The molecule has 1 atom stereocenters. The Bertz CT molecular complexity index is 273. The van der Waals surface area contributed by atoms with Gasteiger partial charge in [-0.05, 0) is 43.0 Å². The molecule has 0 fully saturated rings. The van der Waals surface area contributed by atoms with Crippen LogP contribution in [0.15, 0.2) is 24.3 Å². The van der Waals surface area contributed by atoms with Crippen molar-refractivity contribution < 1.29 is 9.13 Å². The summed E-state index contributed by atoms with van der Waals surface area (Å²) in [6, 6.07) is 6.14. The summed E-state index contributed by atoms with van der Waals surface area (Å²) in [6.07, 6.45) is 2.19. The van der Waals surface area contributed by atoms with Crippen molar-refractivity contribution in [2.45, 2.75) is 19.8 Å². The second-order valence-electron chi connectivity index (χ2n) is 3.67. The molecule has 1 nitrogen and oxygen atoms in total. The molecule has 0 bridgehead atoms. The largest absolute Gasteiger partial charge is 0.494 e. The minimum Gasteiger partial charge on any atom is -0.494 e. The van der Waals surface area contributed by atoms with Gasteiger partial charge in [0.25, 0.3) is 0 Å². The minimum absolute atomic E-state index is 0.227. The van der Waals surface area contributed by atoms with Gasteiger partial charge in [-0.1, -0.05) is 22.9 Å². The highest BCUT2D eigenvalue weighted by Crippen LogP contribution is 2.14. The minimum atomic E-state index is -0.227. The zero-order chi connectivity index (χ0) is 11.1. The van der Waals surface area contributed by atoms with Gasteiger partial charge in [0, 0.05) is 5.33 Å². The molecule has 0 saturated carbocycles.